The van der Waals surface area contributed by atoms with Crippen LogP contribution in [0.25, 0.3) is 23.5 Å². The van der Waals surface area contributed by atoms with Gasteiger partial charge in [0.05, 0.1) is 16.3 Å². The van der Waals surface area contributed by atoms with Gasteiger partial charge < -0.3 is 0 Å². The third-order valence-corrected chi connectivity index (χ3v) is 4.30. The monoisotopic (exact) mass is 393 g/mol. The molecule has 0 saturated carbocycles. The second-order valence-corrected chi connectivity index (χ2v) is 6.25. The van der Waals surface area contributed by atoms with Gasteiger partial charge in [-0.05, 0) is 29.8 Å². The molecule has 3 heterocycles. The van der Waals surface area contributed by atoms with Crippen molar-refractivity contribution in [2.45, 2.75) is 0 Å². The molecule has 0 aliphatic carbocycles. The zero-order chi connectivity index (χ0) is 19.7. The first-order valence-electron chi connectivity index (χ1n) is 8.17. The molecule has 0 N–H and O–H groups in total. The van der Waals surface area contributed by atoms with Crippen LogP contribution < -0.4 is 5.56 Å². The molecule has 0 bridgehead atoms. The average Bonchev–Trinajstić information content (AvgIpc) is 3.03. The molecule has 0 aliphatic rings. The number of nitro groups is 1. The Morgan fingerprint density at radius 3 is 2.57 bits per heavy atom. The second-order valence-electron chi connectivity index (χ2n) is 5.86. The standard InChI is InChI=1S/C19H12ClN5O3/c20-17-11-18-22-14(4-3-13-2-1-9-21-12-13)10-19(26)24(18)23(17)15-5-7-16(8-6-15)25(27)28/h1-12H. The van der Waals surface area contributed by atoms with Gasteiger partial charge in [0.15, 0.2) is 5.65 Å². The number of hydrogen-bond acceptors (Lipinski definition) is 5. The van der Waals surface area contributed by atoms with E-state index in [2.05, 4.69) is 9.97 Å². The van der Waals surface area contributed by atoms with E-state index in [1.54, 1.807) is 30.6 Å². The van der Waals surface area contributed by atoms with Crippen molar-refractivity contribution in [3.8, 4) is 5.69 Å². The van der Waals surface area contributed by atoms with Crippen LogP contribution in [0.1, 0.15) is 11.3 Å². The van der Waals surface area contributed by atoms with Gasteiger partial charge in [0.25, 0.3) is 11.2 Å². The Bertz CT molecular complexity index is 1260. The number of rotatable bonds is 4. The average molecular weight is 394 g/mol. The highest BCUT2D eigenvalue weighted by atomic mass is 35.5. The summed E-state index contributed by atoms with van der Waals surface area (Å²) in [5.41, 5.74) is 1.85. The van der Waals surface area contributed by atoms with E-state index in [0.717, 1.165) is 5.56 Å². The van der Waals surface area contributed by atoms with Crippen LogP contribution >= 0.6 is 11.6 Å². The highest BCUT2D eigenvalue weighted by molar-refractivity contribution is 6.30. The Hall–Kier alpha value is -3.78. The molecule has 3 aromatic heterocycles. The fraction of sp³-hybridized carbons (Fsp3) is 0. The molecule has 0 radical (unpaired) electrons. The topological polar surface area (TPSA) is 95.3 Å². The molecule has 138 valence electrons. The van der Waals surface area contributed by atoms with Gasteiger partial charge >= 0.3 is 0 Å². The molecule has 9 heteroatoms. The van der Waals surface area contributed by atoms with Crippen molar-refractivity contribution in [2.75, 3.05) is 0 Å². The molecular formula is C19H12ClN5O3. The van der Waals surface area contributed by atoms with Crippen molar-refractivity contribution < 1.29 is 4.92 Å². The van der Waals surface area contributed by atoms with Crippen LogP contribution in [0, 0.1) is 10.1 Å². The van der Waals surface area contributed by atoms with Gasteiger partial charge in [-0.1, -0.05) is 23.7 Å². The number of non-ortho nitro benzene ring substituents is 1. The molecule has 0 amide bonds. The molecule has 28 heavy (non-hydrogen) atoms. The van der Waals surface area contributed by atoms with Crippen LogP contribution in [-0.2, 0) is 0 Å². The number of aromatic nitrogens is 4. The SMILES string of the molecule is O=c1cc(C=Cc2cccnc2)nc2cc(Cl)n(-c3ccc([N+](=O)[O-])cc3)n12. The molecule has 0 aliphatic heterocycles. The summed E-state index contributed by atoms with van der Waals surface area (Å²) < 4.78 is 2.76. The lowest BCUT2D eigenvalue weighted by Crippen LogP contribution is -2.20. The Kier molecular flexibility index (Phi) is 4.46. The molecule has 4 aromatic rings. The highest BCUT2D eigenvalue weighted by Crippen LogP contribution is 2.21. The maximum atomic E-state index is 12.7. The van der Waals surface area contributed by atoms with E-state index in [0.29, 0.717) is 17.0 Å². The van der Waals surface area contributed by atoms with Crippen LogP contribution in [0.4, 0.5) is 5.69 Å². The molecule has 4 rings (SSSR count). The predicted octanol–water partition coefficient (Wildman–Crippen LogP) is 3.61. The van der Waals surface area contributed by atoms with E-state index in [4.69, 9.17) is 11.6 Å². The fourth-order valence-corrected chi connectivity index (χ4v) is 3.04. The summed E-state index contributed by atoms with van der Waals surface area (Å²) in [5, 5.41) is 11.1. The number of hydrogen-bond donors (Lipinski definition) is 0. The van der Waals surface area contributed by atoms with E-state index in [1.165, 1.54) is 39.5 Å². The van der Waals surface area contributed by atoms with Gasteiger partial charge in [0.1, 0.15) is 5.15 Å². The van der Waals surface area contributed by atoms with Gasteiger partial charge in [-0.25, -0.2) is 9.67 Å². The van der Waals surface area contributed by atoms with Crippen LogP contribution in [0.5, 0.6) is 0 Å². The fourth-order valence-electron chi connectivity index (χ4n) is 2.77. The number of fused-ring (bicyclic) bond motifs is 1. The van der Waals surface area contributed by atoms with Crippen LogP contribution in [-0.4, -0.2) is 24.1 Å². The lowest BCUT2D eigenvalue weighted by atomic mass is 10.2. The highest BCUT2D eigenvalue weighted by Gasteiger charge is 2.13. The molecule has 0 atom stereocenters. The lowest BCUT2D eigenvalue weighted by Gasteiger charge is -2.07. The zero-order valence-electron chi connectivity index (χ0n) is 14.3. The minimum atomic E-state index is -0.492. The van der Waals surface area contributed by atoms with Crippen molar-refractivity contribution in [1.29, 1.82) is 0 Å². The van der Waals surface area contributed by atoms with Crippen molar-refractivity contribution in [1.82, 2.24) is 19.2 Å². The van der Waals surface area contributed by atoms with Gasteiger partial charge in [-0.15, -0.1) is 0 Å². The van der Waals surface area contributed by atoms with E-state index < -0.39 is 4.92 Å². The van der Waals surface area contributed by atoms with Crippen molar-refractivity contribution in [3.63, 3.8) is 0 Å². The maximum absolute atomic E-state index is 12.7. The minimum absolute atomic E-state index is 0.0513. The summed E-state index contributed by atoms with van der Waals surface area (Å²) in [6.07, 6.45) is 6.90. The quantitative estimate of drug-likeness (QED) is 0.390. The Morgan fingerprint density at radius 1 is 1.11 bits per heavy atom. The van der Waals surface area contributed by atoms with Crippen molar-refractivity contribution >= 4 is 35.1 Å². The Balaban J connectivity index is 1.78. The summed E-state index contributed by atoms with van der Waals surface area (Å²) in [6, 6.07) is 12.4. The third-order valence-electron chi connectivity index (χ3n) is 4.03. The first-order valence-corrected chi connectivity index (χ1v) is 8.55. The van der Waals surface area contributed by atoms with E-state index in [-0.39, 0.29) is 16.4 Å². The summed E-state index contributed by atoms with van der Waals surface area (Å²) >= 11 is 6.30. The largest absolute Gasteiger partial charge is 0.273 e. The summed E-state index contributed by atoms with van der Waals surface area (Å²) in [5.74, 6) is 0. The van der Waals surface area contributed by atoms with Gasteiger partial charge in [0, 0.05) is 36.7 Å². The van der Waals surface area contributed by atoms with Crippen molar-refractivity contribution in [3.05, 3.63) is 97.8 Å². The lowest BCUT2D eigenvalue weighted by molar-refractivity contribution is -0.384. The molecule has 0 spiro atoms. The van der Waals surface area contributed by atoms with Gasteiger partial charge in [-0.2, -0.15) is 4.52 Å². The van der Waals surface area contributed by atoms with Crippen molar-refractivity contribution in [2.24, 2.45) is 0 Å². The number of pyridine rings is 1. The first kappa shape index (κ1) is 17.6. The number of nitro benzene ring substituents is 1. The minimum Gasteiger partial charge on any atom is -0.267 e. The van der Waals surface area contributed by atoms with Gasteiger partial charge in [-0.3, -0.25) is 19.9 Å². The Labute approximate surface area is 163 Å². The molecule has 1 aromatic carbocycles. The summed E-state index contributed by atoms with van der Waals surface area (Å²) in [4.78, 5) is 31.5. The smallest absolute Gasteiger partial charge is 0.267 e. The Morgan fingerprint density at radius 2 is 1.89 bits per heavy atom. The van der Waals surface area contributed by atoms with Crippen LogP contribution in [0.2, 0.25) is 5.15 Å². The molecular weight excluding hydrogens is 382 g/mol. The number of nitrogens with zero attached hydrogens (tertiary/aromatic N) is 5. The molecule has 0 unspecified atom stereocenters. The summed E-state index contributed by atoms with van der Waals surface area (Å²) in [7, 11) is 0. The number of halogens is 1. The molecule has 0 fully saturated rings. The third kappa shape index (κ3) is 3.28. The second kappa shape index (κ2) is 7.09. The molecule has 8 nitrogen and oxygen atoms in total. The van der Waals surface area contributed by atoms with E-state index in [9.17, 15) is 14.9 Å². The maximum Gasteiger partial charge on any atom is 0.273 e. The van der Waals surface area contributed by atoms with Gasteiger partial charge in [0.2, 0.25) is 0 Å². The van der Waals surface area contributed by atoms with Crippen LogP contribution in [0.15, 0.2) is 65.7 Å². The molecule has 0 saturated heterocycles. The predicted molar refractivity (Wildman–Crippen MR) is 106 cm³/mol. The van der Waals surface area contributed by atoms with E-state index in [1.807, 2.05) is 12.1 Å². The van der Waals surface area contributed by atoms with E-state index >= 15 is 0 Å². The summed E-state index contributed by atoms with van der Waals surface area (Å²) in [6.45, 7) is 0. The zero-order valence-corrected chi connectivity index (χ0v) is 15.0. The number of benzene rings is 1. The first-order chi connectivity index (χ1) is 13.5. The van der Waals surface area contributed by atoms with Crippen LogP contribution in [0.3, 0.4) is 0 Å². The normalized spacial score (nSPS) is 11.3.